The minimum Gasteiger partial charge on any atom is -0.493 e. The third-order valence-corrected chi connectivity index (χ3v) is 4.18. The van der Waals surface area contributed by atoms with Gasteiger partial charge in [-0.15, -0.1) is 0 Å². The largest absolute Gasteiger partial charge is 0.493 e. The van der Waals surface area contributed by atoms with Crippen molar-refractivity contribution in [2.75, 3.05) is 27.9 Å². The lowest BCUT2D eigenvalue weighted by Crippen LogP contribution is -2.24. The summed E-state index contributed by atoms with van der Waals surface area (Å²) in [6.07, 6.45) is 1.42. The Labute approximate surface area is 177 Å². The first-order valence-corrected chi connectivity index (χ1v) is 8.92. The van der Waals surface area contributed by atoms with Gasteiger partial charge in [0.1, 0.15) is 0 Å². The standard InChI is InChI=1S/C18H17Cl3N2O5/c1-25-14-4-10(5-15(26-2)18(14)27-3)8-22-23-16(24)9-28-17-12(20)6-11(19)7-13(17)21/h4-8H,9H2,1-3H3,(H,23,24)/b22-8+. The molecule has 0 radical (unpaired) electrons. The number of hydrogen-bond acceptors (Lipinski definition) is 6. The number of benzene rings is 2. The number of hydrazone groups is 1. The number of nitrogens with one attached hydrogen (secondary N) is 1. The smallest absolute Gasteiger partial charge is 0.277 e. The highest BCUT2D eigenvalue weighted by molar-refractivity contribution is 6.40. The molecule has 0 fully saturated rings. The molecule has 0 heterocycles. The molecular weight excluding hydrogens is 431 g/mol. The summed E-state index contributed by atoms with van der Waals surface area (Å²) in [7, 11) is 4.52. The van der Waals surface area contributed by atoms with Gasteiger partial charge in [-0.25, -0.2) is 5.43 Å². The average Bonchev–Trinajstić information content (AvgIpc) is 2.66. The summed E-state index contributed by atoms with van der Waals surface area (Å²) < 4.78 is 21.1. The van der Waals surface area contributed by atoms with Crippen molar-refractivity contribution in [3.8, 4) is 23.0 Å². The van der Waals surface area contributed by atoms with Crippen LogP contribution in [0.1, 0.15) is 5.56 Å². The maximum atomic E-state index is 11.9. The van der Waals surface area contributed by atoms with Crippen molar-refractivity contribution >= 4 is 46.9 Å². The second-order valence-electron chi connectivity index (χ2n) is 5.24. The van der Waals surface area contributed by atoms with Gasteiger partial charge in [-0.1, -0.05) is 34.8 Å². The highest BCUT2D eigenvalue weighted by atomic mass is 35.5. The lowest BCUT2D eigenvalue weighted by molar-refractivity contribution is -0.123. The highest BCUT2D eigenvalue weighted by Gasteiger charge is 2.13. The van der Waals surface area contributed by atoms with E-state index in [4.69, 9.17) is 53.8 Å². The van der Waals surface area contributed by atoms with Crippen LogP contribution in [0.5, 0.6) is 23.0 Å². The van der Waals surface area contributed by atoms with Gasteiger partial charge in [-0.05, 0) is 24.3 Å². The Morgan fingerprint density at radius 2 is 1.54 bits per heavy atom. The molecule has 0 aliphatic rings. The summed E-state index contributed by atoms with van der Waals surface area (Å²) in [5.41, 5.74) is 2.96. The zero-order valence-corrected chi connectivity index (χ0v) is 17.5. The summed E-state index contributed by atoms with van der Waals surface area (Å²) in [6, 6.07) is 6.29. The molecule has 10 heteroatoms. The van der Waals surface area contributed by atoms with Gasteiger partial charge < -0.3 is 18.9 Å². The second-order valence-corrected chi connectivity index (χ2v) is 6.49. The third-order valence-electron chi connectivity index (χ3n) is 3.40. The molecule has 0 atom stereocenters. The van der Waals surface area contributed by atoms with Gasteiger partial charge in [-0.2, -0.15) is 5.10 Å². The minimum absolute atomic E-state index is 0.163. The normalized spacial score (nSPS) is 10.6. The van der Waals surface area contributed by atoms with Crippen molar-refractivity contribution in [3.63, 3.8) is 0 Å². The molecule has 0 saturated heterocycles. The van der Waals surface area contributed by atoms with Crippen molar-refractivity contribution in [1.82, 2.24) is 5.43 Å². The Bertz CT molecular complexity index is 842. The first-order chi connectivity index (χ1) is 13.4. The van der Waals surface area contributed by atoms with Crippen molar-refractivity contribution in [3.05, 3.63) is 44.9 Å². The number of carbonyl (C=O) groups is 1. The fraction of sp³-hybridized carbons (Fsp3) is 0.222. The molecule has 1 amide bonds. The Hall–Kier alpha value is -2.35. The molecule has 0 saturated carbocycles. The van der Waals surface area contributed by atoms with Crippen molar-refractivity contribution in [1.29, 1.82) is 0 Å². The van der Waals surface area contributed by atoms with Crippen molar-refractivity contribution < 1.29 is 23.7 Å². The molecule has 28 heavy (non-hydrogen) atoms. The van der Waals surface area contributed by atoms with E-state index in [2.05, 4.69) is 10.5 Å². The van der Waals surface area contributed by atoms with Gasteiger partial charge in [0.2, 0.25) is 5.75 Å². The van der Waals surface area contributed by atoms with Crippen LogP contribution in [0.3, 0.4) is 0 Å². The molecular formula is C18H17Cl3N2O5. The predicted octanol–water partition coefficient (Wildman–Crippen LogP) is 4.20. The summed E-state index contributed by atoms with van der Waals surface area (Å²) in [5, 5.41) is 4.64. The third kappa shape index (κ3) is 5.58. The van der Waals surface area contributed by atoms with Crippen LogP contribution in [0.25, 0.3) is 0 Å². The summed E-state index contributed by atoms with van der Waals surface area (Å²) in [6.45, 7) is -0.340. The number of carbonyl (C=O) groups excluding carboxylic acids is 1. The lowest BCUT2D eigenvalue weighted by Gasteiger charge is -2.12. The monoisotopic (exact) mass is 446 g/mol. The molecule has 2 aromatic rings. The number of ether oxygens (including phenoxy) is 4. The number of amides is 1. The molecule has 0 spiro atoms. The number of hydrogen-bond donors (Lipinski definition) is 1. The Morgan fingerprint density at radius 3 is 2.04 bits per heavy atom. The molecule has 1 N–H and O–H groups in total. The van der Waals surface area contributed by atoms with E-state index >= 15 is 0 Å². The van der Waals surface area contributed by atoms with Crippen LogP contribution in [0, 0.1) is 0 Å². The molecule has 7 nitrogen and oxygen atoms in total. The Kier molecular flexibility index (Phi) is 8.04. The molecule has 0 aliphatic carbocycles. The van der Waals surface area contributed by atoms with Gasteiger partial charge in [-0.3, -0.25) is 4.79 Å². The van der Waals surface area contributed by atoms with Crippen LogP contribution in [0.2, 0.25) is 15.1 Å². The lowest BCUT2D eigenvalue weighted by atomic mass is 10.2. The van der Waals surface area contributed by atoms with Crippen LogP contribution in [-0.2, 0) is 4.79 Å². The van der Waals surface area contributed by atoms with Crippen molar-refractivity contribution in [2.45, 2.75) is 0 Å². The SMILES string of the molecule is COc1cc(/C=N/NC(=O)COc2c(Cl)cc(Cl)cc2Cl)cc(OC)c1OC. The van der Waals surface area contributed by atoms with Gasteiger partial charge in [0, 0.05) is 10.6 Å². The fourth-order valence-electron chi connectivity index (χ4n) is 2.19. The number of halogens is 3. The van der Waals surface area contributed by atoms with Gasteiger partial charge in [0.05, 0.1) is 37.6 Å². The van der Waals surface area contributed by atoms with Gasteiger partial charge >= 0.3 is 0 Å². The predicted molar refractivity (Wildman–Crippen MR) is 109 cm³/mol. The molecule has 0 unspecified atom stereocenters. The average molecular weight is 448 g/mol. The minimum atomic E-state index is -0.509. The maximum Gasteiger partial charge on any atom is 0.277 e. The first-order valence-electron chi connectivity index (χ1n) is 7.78. The van der Waals surface area contributed by atoms with Crippen LogP contribution in [0.15, 0.2) is 29.4 Å². The number of methoxy groups -OCH3 is 3. The molecule has 0 bridgehead atoms. The van der Waals surface area contributed by atoms with E-state index < -0.39 is 5.91 Å². The first kappa shape index (κ1) is 21.9. The van der Waals surface area contributed by atoms with Crippen LogP contribution >= 0.6 is 34.8 Å². The molecule has 2 aromatic carbocycles. The zero-order chi connectivity index (χ0) is 20.7. The van der Waals surface area contributed by atoms with E-state index in [1.807, 2.05) is 0 Å². The highest BCUT2D eigenvalue weighted by Crippen LogP contribution is 2.38. The van der Waals surface area contributed by atoms with Crippen LogP contribution < -0.4 is 24.4 Å². The maximum absolute atomic E-state index is 11.9. The number of rotatable bonds is 8. The zero-order valence-electron chi connectivity index (χ0n) is 15.2. The van der Waals surface area contributed by atoms with Gasteiger partial charge in [0.25, 0.3) is 5.91 Å². The van der Waals surface area contributed by atoms with E-state index in [0.29, 0.717) is 27.8 Å². The summed E-state index contributed by atoms with van der Waals surface area (Å²) in [4.78, 5) is 11.9. The molecule has 2 rings (SSSR count). The Morgan fingerprint density at radius 1 is 0.964 bits per heavy atom. The number of nitrogens with zero attached hydrogens (tertiary/aromatic N) is 1. The van der Waals surface area contributed by atoms with E-state index in [9.17, 15) is 4.79 Å². The summed E-state index contributed by atoms with van der Waals surface area (Å²) in [5.74, 6) is 1.04. The van der Waals surface area contributed by atoms with E-state index in [1.54, 1.807) is 12.1 Å². The second kappa shape index (κ2) is 10.3. The van der Waals surface area contributed by atoms with Gasteiger partial charge in [0.15, 0.2) is 23.9 Å². The van der Waals surface area contributed by atoms with Crippen LogP contribution in [-0.4, -0.2) is 40.1 Å². The summed E-state index contributed by atoms with van der Waals surface area (Å²) >= 11 is 17.8. The quantitative estimate of drug-likeness (QED) is 0.485. The van der Waals surface area contributed by atoms with Crippen LogP contribution in [0.4, 0.5) is 0 Å². The molecule has 0 aliphatic heterocycles. The van der Waals surface area contributed by atoms with E-state index in [0.717, 1.165) is 0 Å². The van der Waals surface area contributed by atoms with Crippen molar-refractivity contribution in [2.24, 2.45) is 5.10 Å². The fourth-order valence-corrected chi connectivity index (χ4v) is 3.12. The molecule has 150 valence electrons. The molecule has 0 aromatic heterocycles. The van der Waals surface area contributed by atoms with E-state index in [1.165, 1.54) is 39.7 Å². The Balaban J connectivity index is 2.00. The van der Waals surface area contributed by atoms with E-state index in [-0.39, 0.29) is 22.4 Å². The topological polar surface area (TPSA) is 78.4 Å².